The van der Waals surface area contributed by atoms with Crippen molar-refractivity contribution in [2.75, 3.05) is 5.32 Å². The van der Waals surface area contributed by atoms with E-state index >= 15 is 0 Å². The molecule has 2 aromatic heterocycles. The molecule has 4 heteroatoms. The second kappa shape index (κ2) is 3.64. The molecular formula is C13H15ClN2O. The molecule has 1 aliphatic carbocycles. The first-order valence-corrected chi connectivity index (χ1v) is 6.25. The smallest absolute Gasteiger partial charge is 0.139 e. The van der Waals surface area contributed by atoms with Gasteiger partial charge in [-0.1, -0.05) is 13.8 Å². The molecule has 0 aromatic carbocycles. The molecule has 3 rings (SSSR count). The molecule has 2 unspecified atom stereocenters. The van der Waals surface area contributed by atoms with Crippen LogP contribution in [0.3, 0.4) is 0 Å². The van der Waals surface area contributed by atoms with Gasteiger partial charge in [-0.05, 0) is 18.6 Å². The molecule has 0 amide bonds. The van der Waals surface area contributed by atoms with E-state index < -0.39 is 0 Å². The van der Waals surface area contributed by atoms with Crippen LogP contribution in [0.15, 0.2) is 29.0 Å². The minimum absolute atomic E-state index is 0.106. The molecule has 2 aromatic rings. The predicted octanol–water partition coefficient (Wildman–Crippen LogP) is 3.65. The number of hydrogen-bond acceptors (Lipinski definition) is 3. The number of nitrogens with one attached hydrogen (secondary N) is 1. The highest BCUT2D eigenvalue weighted by Gasteiger charge is 2.47. The van der Waals surface area contributed by atoms with E-state index in [1.165, 1.54) is 0 Å². The van der Waals surface area contributed by atoms with Gasteiger partial charge in [0.15, 0.2) is 0 Å². The minimum Gasteiger partial charge on any atom is -0.464 e. The van der Waals surface area contributed by atoms with Crippen molar-refractivity contribution < 1.29 is 4.42 Å². The first-order valence-electron chi connectivity index (χ1n) is 5.82. The Morgan fingerprint density at radius 3 is 3.00 bits per heavy atom. The number of furan rings is 1. The maximum atomic E-state index is 6.22. The largest absolute Gasteiger partial charge is 0.464 e. The van der Waals surface area contributed by atoms with E-state index in [4.69, 9.17) is 16.0 Å². The Morgan fingerprint density at radius 1 is 1.47 bits per heavy atom. The SMILES string of the molecule is CC1(C)C(Cl)CC1Nc1nccc2occc12. The van der Waals surface area contributed by atoms with E-state index in [9.17, 15) is 0 Å². The third kappa shape index (κ3) is 1.61. The van der Waals surface area contributed by atoms with Gasteiger partial charge in [0.25, 0.3) is 0 Å². The van der Waals surface area contributed by atoms with Gasteiger partial charge in [-0.3, -0.25) is 0 Å². The molecule has 0 radical (unpaired) electrons. The van der Waals surface area contributed by atoms with E-state index in [0.717, 1.165) is 23.2 Å². The zero-order chi connectivity index (χ0) is 12.0. The van der Waals surface area contributed by atoms with Crippen LogP contribution in [0.5, 0.6) is 0 Å². The molecule has 1 aliphatic rings. The van der Waals surface area contributed by atoms with E-state index in [1.807, 2.05) is 12.1 Å². The number of halogens is 1. The lowest BCUT2D eigenvalue weighted by Crippen LogP contribution is -2.54. The van der Waals surface area contributed by atoms with Crippen LogP contribution in [0.25, 0.3) is 11.0 Å². The Morgan fingerprint density at radius 2 is 2.29 bits per heavy atom. The summed E-state index contributed by atoms with van der Waals surface area (Å²) in [5.41, 5.74) is 0.969. The molecule has 0 spiro atoms. The fourth-order valence-electron chi connectivity index (χ4n) is 2.29. The maximum absolute atomic E-state index is 6.22. The van der Waals surface area contributed by atoms with Crippen molar-refractivity contribution in [2.45, 2.75) is 31.7 Å². The van der Waals surface area contributed by atoms with Crippen LogP contribution in [-0.2, 0) is 0 Å². The van der Waals surface area contributed by atoms with Gasteiger partial charge < -0.3 is 9.73 Å². The van der Waals surface area contributed by atoms with Crippen LogP contribution < -0.4 is 5.32 Å². The third-order valence-corrected chi connectivity index (χ3v) is 4.58. The Kier molecular flexibility index (Phi) is 2.33. The summed E-state index contributed by atoms with van der Waals surface area (Å²) in [6, 6.07) is 4.18. The topological polar surface area (TPSA) is 38.1 Å². The normalized spacial score (nSPS) is 26.8. The van der Waals surface area contributed by atoms with Crippen molar-refractivity contribution in [1.29, 1.82) is 0 Å². The second-order valence-corrected chi connectivity index (χ2v) is 5.74. The van der Waals surface area contributed by atoms with Gasteiger partial charge in [-0.25, -0.2) is 4.98 Å². The van der Waals surface area contributed by atoms with Crippen LogP contribution in [0, 0.1) is 5.41 Å². The minimum atomic E-state index is 0.106. The fraction of sp³-hybridized carbons (Fsp3) is 0.462. The molecule has 1 saturated carbocycles. The van der Waals surface area contributed by atoms with E-state index in [-0.39, 0.29) is 10.8 Å². The molecule has 3 nitrogen and oxygen atoms in total. The molecular weight excluding hydrogens is 236 g/mol. The van der Waals surface area contributed by atoms with Crippen LogP contribution in [-0.4, -0.2) is 16.4 Å². The summed E-state index contributed by atoms with van der Waals surface area (Å²) < 4.78 is 5.36. The third-order valence-electron chi connectivity index (χ3n) is 3.84. The van der Waals surface area contributed by atoms with E-state index in [1.54, 1.807) is 12.5 Å². The van der Waals surface area contributed by atoms with Gasteiger partial charge in [0.05, 0.1) is 11.6 Å². The highest BCUT2D eigenvalue weighted by molar-refractivity contribution is 6.22. The molecule has 17 heavy (non-hydrogen) atoms. The Hall–Kier alpha value is -1.22. The van der Waals surface area contributed by atoms with Crippen LogP contribution in [0.4, 0.5) is 5.82 Å². The Balaban J connectivity index is 1.89. The molecule has 2 heterocycles. The van der Waals surface area contributed by atoms with Crippen molar-refractivity contribution in [3.8, 4) is 0 Å². The van der Waals surface area contributed by atoms with Gasteiger partial charge in [0, 0.05) is 23.0 Å². The van der Waals surface area contributed by atoms with Crippen LogP contribution in [0.2, 0.25) is 0 Å². The van der Waals surface area contributed by atoms with Gasteiger partial charge in [0.1, 0.15) is 11.4 Å². The first kappa shape index (κ1) is 10.9. The molecule has 90 valence electrons. The quantitative estimate of drug-likeness (QED) is 0.827. The standard InChI is InChI=1S/C13H15ClN2O/c1-13(2)10(14)7-11(13)16-12-8-4-6-17-9(8)3-5-15-12/h3-6,10-11H,7H2,1-2H3,(H,15,16). The number of alkyl halides is 1. The number of hydrogen-bond donors (Lipinski definition) is 1. The number of fused-ring (bicyclic) bond motifs is 1. The monoisotopic (exact) mass is 250 g/mol. The number of rotatable bonds is 2. The lowest BCUT2D eigenvalue weighted by atomic mass is 9.67. The number of anilines is 1. The van der Waals surface area contributed by atoms with Gasteiger partial charge in [-0.15, -0.1) is 11.6 Å². The van der Waals surface area contributed by atoms with E-state index in [2.05, 4.69) is 24.1 Å². The summed E-state index contributed by atoms with van der Waals surface area (Å²) in [5, 5.41) is 4.74. The summed E-state index contributed by atoms with van der Waals surface area (Å²) in [5.74, 6) is 0.887. The average Bonchev–Trinajstić information content (AvgIpc) is 2.77. The second-order valence-electron chi connectivity index (χ2n) is 5.21. The lowest BCUT2D eigenvalue weighted by molar-refractivity contribution is 0.168. The van der Waals surface area contributed by atoms with Gasteiger partial charge >= 0.3 is 0 Å². The Bertz CT molecular complexity index is 549. The summed E-state index contributed by atoms with van der Waals surface area (Å²) in [4.78, 5) is 4.38. The fourth-order valence-corrected chi connectivity index (χ4v) is 2.62. The van der Waals surface area contributed by atoms with Crippen LogP contribution in [0.1, 0.15) is 20.3 Å². The molecule has 1 fully saturated rings. The molecule has 0 saturated heterocycles. The highest BCUT2D eigenvalue weighted by atomic mass is 35.5. The van der Waals surface area contributed by atoms with Gasteiger partial charge in [0.2, 0.25) is 0 Å². The average molecular weight is 251 g/mol. The highest BCUT2D eigenvalue weighted by Crippen LogP contribution is 2.46. The maximum Gasteiger partial charge on any atom is 0.139 e. The summed E-state index contributed by atoms with van der Waals surface area (Å²) >= 11 is 6.22. The lowest BCUT2D eigenvalue weighted by Gasteiger charge is -2.49. The van der Waals surface area contributed by atoms with Gasteiger partial charge in [-0.2, -0.15) is 0 Å². The summed E-state index contributed by atoms with van der Waals surface area (Å²) in [6.07, 6.45) is 4.43. The number of nitrogens with zero attached hydrogens (tertiary/aromatic N) is 1. The molecule has 1 N–H and O–H groups in total. The zero-order valence-corrected chi connectivity index (χ0v) is 10.7. The van der Waals surface area contributed by atoms with Crippen molar-refractivity contribution >= 4 is 28.4 Å². The zero-order valence-electron chi connectivity index (χ0n) is 9.90. The van der Waals surface area contributed by atoms with Crippen molar-refractivity contribution in [3.05, 3.63) is 24.6 Å². The number of pyridine rings is 1. The van der Waals surface area contributed by atoms with Crippen molar-refractivity contribution in [1.82, 2.24) is 4.98 Å². The first-order chi connectivity index (χ1) is 8.09. The predicted molar refractivity (Wildman–Crippen MR) is 69.5 cm³/mol. The van der Waals surface area contributed by atoms with Crippen molar-refractivity contribution in [2.24, 2.45) is 5.41 Å². The molecule has 0 aliphatic heterocycles. The summed E-state index contributed by atoms with van der Waals surface area (Å²) in [7, 11) is 0. The van der Waals surface area contributed by atoms with Crippen LogP contribution >= 0.6 is 11.6 Å². The summed E-state index contributed by atoms with van der Waals surface area (Å²) in [6.45, 7) is 4.36. The molecule has 2 atom stereocenters. The van der Waals surface area contributed by atoms with Crippen molar-refractivity contribution in [3.63, 3.8) is 0 Å². The van der Waals surface area contributed by atoms with E-state index in [0.29, 0.717) is 6.04 Å². The Labute approximate surface area is 105 Å². The molecule has 0 bridgehead atoms. The number of aromatic nitrogens is 1.